The largest absolute Gasteiger partial charge is 0.379 e. The van der Waals surface area contributed by atoms with Crippen molar-refractivity contribution < 1.29 is 9.53 Å². The van der Waals surface area contributed by atoms with E-state index in [4.69, 9.17) is 17.0 Å². The summed E-state index contributed by atoms with van der Waals surface area (Å²) >= 11 is 6.82. The number of hydrogen-bond acceptors (Lipinski definition) is 5. The molecule has 0 aliphatic carbocycles. The number of hydrogen-bond donors (Lipinski definition) is 0. The SMILES string of the molecule is CC(=C\c1ccccc1)/C=C1/SC(=S)N(CCCN2CCOCC2)C1=O. The highest BCUT2D eigenvalue weighted by Gasteiger charge is 2.31. The molecule has 0 atom stereocenters. The number of nitrogens with zero attached hydrogens (tertiary/aromatic N) is 2. The van der Waals surface area contributed by atoms with Crippen LogP contribution in [-0.2, 0) is 9.53 Å². The zero-order valence-electron chi connectivity index (χ0n) is 15.0. The molecule has 4 nitrogen and oxygen atoms in total. The van der Waals surface area contributed by atoms with Crippen LogP contribution in [0.2, 0.25) is 0 Å². The van der Waals surface area contributed by atoms with Crippen LogP contribution in [0, 0.1) is 0 Å². The second kappa shape index (κ2) is 9.46. The van der Waals surface area contributed by atoms with Crippen LogP contribution in [0.3, 0.4) is 0 Å². The van der Waals surface area contributed by atoms with Gasteiger partial charge in [-0.3, -0.25) is 14.6 Å². The minimum Gasteiger partial charge on any atom is -0.379 e. The van der Waals surface area contributed by atoms with Gasteiger partial charge in [-0.25, -0.2) is 0 Å². The number of morpholine rings is 1. The summed E-state index contributed by atoms with van der Waals surface area (Å²) in [5, 5.41) is 0. The summed E-state index contributed by atoms with van der Waals surface area (Å²) in [4.78, 5) is 17.5. The maximum atomic E-state index is 12.7. The number of benzene rings is 1. The Labute approximate surface area is 164 Å². The molecule has 0 N–H and O–H groups in total. The Morgan fingerprint density at radius 3 is 2.69 bits per heavy atom. The normalized spacial score (nSPS) is 21.0. The molecule has 138 valence electrons. The Bertz CT molecular complexity index is 710. The number of allylic oxidation sites excluding steroid dienone is 2. The molecule has 2 fully saturated rings. The van der Waals surface area contributed by atoms with E-state index in [0.717, 1.165) is 50.4 Å². The summed E-state index contributed by atoms with van der Waals surface area (Å²) < 4.78 is 6.03. The quantitative estimate of drug-likeness (QED) is 0.550. The van der Waals surface area contributed by atoms with E-state index in [9.17, 15) is 4.79 Å². The highest BCUT2D eigenvalue weighted by molar-refractivity contribution is 8.26. The van der Waals surface area contributed by atoms with Crippen molar-refractivity contribution in [2.45, 2.75) is 13.3 Å². The van der Waals surface area contributed by atoms with Gasteiger partial charge in [0, 0.05) is 26.2 Å². The molecule has 2 aliphatic rings. The smallest absolute Gasteiger partial charge is 0.266 e. The molecule has 6 heteroatoms. The van der Waals surface area contributed by atoms with Gasteiger partial charge in [-0.1, -0.05) is 60.4 Å². The third kappa shape index (κ3) is 5.27. The monoisotopic (exact) mass is 388 g/mol. The van der Waals surface area contributed by atoms with E-state index >= 15 is 0 Å². The van der Waals surface area contributed by atoms with Crippen LogP contribution in [0.5, 0.6) is 0 Å². The number of amides is 1. The third-order valence-corrected chi connectivity index (χ3v) is 5.76. The molecular formula is C20H24N2O2S2. The van der Waals surface area contributed by atoms with E-state index in [-0.39, 0.29) is 5.91 Å². The van der Waals surface area contributed by atoms with Gasteiger partial charge in [0.1, 0.15) is 4.32 Å². The lowest BCUT2D eigenvalue weighted by Crippen LogP contribution is -2.38. The predicted octanol–water partition coefficient (Wildman–Crippen LogP) is 3.56. The zero-order valence-corrected chi connectivity index (χ0v) is 16.7. The summed E-state index contributed by atoms with van der Waals surface area (Å²) in [6, 6.07) is 10.1. The van der Waals surface area contributed by atoms with Crippen molar-refractivity contribution in [3.8, 4) is 0 Å². The molecule has 0 radical (unpaired) electrons. The molecule has 0 unspecified atom stereocenters. The van der Waals surface area contributed by atoms with E-state index in [1.807, 2.05) is 43.3 Å². The summed E-state index contributed by atoms with van der Waals surface area (Å²) in [5.74, 6) is 0.0304. The molecule has 2 aliphatic heterocycles. The van der Waals surface area contributed by atoms with E-state index in [0.29, 0.717) is 15.8 Å². The van der Waals surface area contributed by atoms with Crippen molar-refractivity contribution in [1.82, 2.24) is 9.80 Å². The lowest BCUT2D eigenvalue weighted by atomic mass is 10.1. The molecule has 0 saturated carbocycles. The van der Waals surface area contributed by atoms with Gasteiger partial charge in [-0.2, -0.15) is 0 Å². The number of carbonyl (C=O) groups excluding carboxylic acids is 1. The number of thioether (sulfide) groups is 1. The summed E-state index contributed by atoms with van der Waals surface area (Å²) in [6.07, 6.45) is 4.94. The molecule has 0 spiro atoms. The van der Waals surface area contributed by atoms with Gasteiger partial charge in [0.2, 0.25) is 0 Å². The van der Waals surface area contributed by atoms with Crippen molar-refractivity contribution >= 4 is 40.3 Å². The van der Waals surface area contributed by atoms with E-state index < -0.39 is 0 Å². The number of rotatable bonds is 6. The minimum absolute atomic E-state index is 0.0304. The standard InChI is InChI=1S/C20H24N2O2S2/c1-16(14-17-6-3-2-4-7-17)15-18-19(23)22(20(25)26-18)9-5-8-21-10-12-24-13-11-21/h2-4,6-7,14-15H,5,8-13H2,1H3/b16-14+,18-15+. The second-order valence-electron chi connectivity index (χ2n) is 6.44. The summed E-state index contributed by atoms with van der Waals surface area (Å²) in [6.45, 7) is 7.22. The topological polar surface area (TPSA) is 32.8 Å². The third-order valence-electron chi connectivity index (χ3n) is 4.39. The molecule has 0 bridgehead atoms. The predicted molar refractivity (Wildman–Crippen MR) is 112 cm³/mol. The Kier molecular flexibility index (Phi) is 7.02. The number of thiocarbonyl (C=S) groups is 1. The van der Waals surface area contributed by atoms with Crippen molar-refractivity contribution in [2.24, 2.45) is 0 Å². The first-order valence-electron chi connectivity index (χ1n) is 8.92. The maximum absolute atomic E-state index is 12.7. The average Bonchev–Trinajstić information content (AvgIpc) is 2.90. The average molecular weight is 389 g/mol. The molecule has 2 heterocycles. The lowest BCUT2D eigenvalue weighted by molar-refractivity contribution is -0.122. The molecule has 26 heavy (non-hydrogen) atoms. The van der Waals surface area contributed by atoms with Crippen molar-refractivity contribution in [1.29, 1.82) is 0 Å². The summed E-state index contributed by atoms with van der Waals surface area (Å²) in [5.41, 5.74) is 2.17. The highest BCUT2D eigenvalue weighted by atomic mass is 32.2. The molecular weight excluding hydrogens is 364 g/mol. The van der Waals surface area contributed by atoms with Gasteiger partial charge in [0.15, 0.2) is 0 Å². The van der Waals surface area contributed by atoms with Gasteiger partial charge < -0.3 is 4.74 Å². The van der Waals surface area contributed by atoms with Crippen LogP contribution in [0.4, 0.5) is 0 Å². The Hall–Kier alpha value is -1.47. The van der Waals surface area contributed by atoms with Gasteiger partial charge >= 0.3 is 0 Å². The van der Waals surface area contributed by atoms with Crippen molar-refractivity contribution in [2.75, 3.05) is 39.4 Å². The fraction of sp³-hybridized carbons (Fsp3) is 0.400. The molecule has 2 saturated heterocycles. The van der Waals surface area contributed by atoms with Crippen LogP contribution >= 0.6 is 24.0 Å². The zero-order chi connectivity index (χ0) is 18.4. The first-order chi connectivity index (χ1) is 12.6. The Balaban J connectivity index is 1.56. The Morgan fingerprint density at radius 1 is 1.23 bits per heavy atom. The van der Waals surface area contributed by atoms with Gasteiger partial charge in [-0.15, -0.1) is 0 Å². The van der Waals surface area contributed by atoms with Gasteiger partial charge in [-0.05, 0) is 30.6 Å². The Morgan fingerprint density at radius 2 is 1.96 bits per heavy atom. The van der Waals surface area contributed by atoms with E-state index in [1.165, 1.54) is 11.8 Å². The number of carbonyl (C=O) groups is 1. The number of ether oxygens (including phenoxy) is 1. The molecule has 0 aromatic heterocycles. The van der Waals surface area contributed by atoms with Crippen molar-refractivity contribution in [3.63, 3.8) is 0 Å². The lowest BCUT2D eigenvalue weighted by Gasteiger charge is -2.27. The highest BCUT2D eigenvalue weighted by Crippen LogP contribution is 2.32. The van der Waals surface area contributed by atoms with Crippen LogP contribution < -0.4 is 0 Å². The van der Waals surface area contributed by atoms with Crippen LogP contribution in [0.25, 0.3) is 6.08 Å². The maximum Gasteiger partial charge on any atom is 0.266 e. The van der Waals surface area contributed by atoms with Crippen molar-refractivity contribution in [3.05, 3.63) is 52.4 Å². The fourth-order valence-electron chi connectivity index (χ4n) is 3.03. The van der Waals surface area contributed by atoms with E-state index in [1.54, 1.807) is 4.90 Å². The van der Waals surface area contributed by atoms with E-state index in [2.05, 4.69) is 11.0 Å². The first kappa shape index (κ1) is 19.3. The second-order valence-corrected chi connectivity index (χ2v) is 8.12. The molecule has 3 rings (SSSR count). The molecule has 1 aromatic rings. The molecule has 1 amide bonds. The fourth-order valence-corrected chi connectivity index (χ4v) is 4.39. The minimum atomic E-state index is 0.0304. The summed E-state index contributed by atoms with van der Waals surface area (Å²) in [7, 11) is 0. The first-order valence-corrected chi connectivity index (χ1v) is 10.1. The molecule has 1 aromatic carbocycles. The van der Waals surface area contributed by atoms with Crippen LogP contribution in [-0.4, -0.2) is 59.4 Å². The van der Waals surface area contributed by atoms with Gasteiger partial charge in [0.25, 0.3) is 5.91 Å². The van der Waals surface area contributed by atoms with Gasteiger partial charge in [0.05, 0.1) is 18.1 Å². The van der Waals surface area contributed by atoms with Crippen LogP contribution in [0.15, 0.2) is 46.9 Å². The van der Waals surface area contributed by atoms with Crippen LogP contribution in [0.1, 0.15) is 18.9 Å².